The van der Waals surface area contributed by atoms with Crippen LogP contribution < -0.4 is 4.74 Å². The highest BCUT2D eigenvalue weighted by Gasteiger charge is 2.20. The second-order valence-corrected chi connectivity index (χ2v) is 6.14. The minimum absolute atomic E-state index is 0.0258. The van der Waals surface area contributed by atoms with E-state index in [9.17, 15) is 4.79 Å². The highest BCUT2D eigenvalue weighted by molar-refractivity contribution is 5.77. The van der Waals surface area contributed by atoms with E-state index < -0.39 is 0 Å². The van der Waals surface area contributed by atoms with Gasteiger partial charge in [-0.1, -0.05) is 26.0 Å². The van der Waals surface area contributed by atoms with Gasteiger partial charge in [-0.3, -0.25) is 9.69 Å². The molecule has 23 heavy (non-hydrogen) atoms. The van der Waals surface area contributed by atoms with Crippen molar-refractivity contribution < 1.29 is 9.53 Å². The molecule has 0 N–H and O–H groups in total. The van der Waals surface area contributed by atoms with Crippen molar-refractivity contribution in [1.82, 2.24) is 9.80 Å². The summed E-state index contributed by atoms with van der Waals surface area (Å²) in [7, 11) is 0. The molecule has 0 radical (unpaired) electrons. The molecule has 1 aromatic rings. The number of nitriles is 1. The van der Waals surface area contributed by atoms with Gasteiger partial charge in [0.05, 0.1) is 6.07 Å². The molecule has 0 aromatic heterocycles. The maximum absolute atomic E-state index is 12.2. The lowest BCUT2D eigenvalue weighted by Crippen LogP contribution is -2.50. The number of piperazine rings is 1. The van der Waals surface area contributed by atoms with E-state index in [0.29, 0.717) is 25.4 Å². The number of amides is 1. The Labute approximate surface area is 138 Å². The van der Waals surface area contributed by atoms with Crippen molar-refractivity contribution in [3.8, 4) is 11.8 Å². The summed E-state index contributed by atoms with van der Waals surface area (Å²) in [5.41, 5.74) is 1.26. The Morgan fingerprint density at radius 2 is 1.87 bits per heavy atom. The SMILES string of the molecule is CC(C)c1ccc(OCC(=O)N2CCN(CCC#N)CC2)cc1. The number of carbonyl (C=O) groups excluding carboxylic acids is 1. The first-order valence-electron chi connectivity index (χ1n) is 8.20. The Morgan fingerprint density at radius 3 is 2.43 bits per heavy atom. The summed E-state index contributed by atoms with van der Waals surface area (Å²) in [6.07, 6.45) is 0.545. The normalized spacial score (nSPS) is 15.5. The number of benzene rings is 1. The third kappa shape index (κ3) is 5.26. The minimum Gasteiger partial charge on any atom is -0.484 e. The first-order valence-corrected chi connectivity index (χ1v) is 8.20. The minimum atomic E-state index is 0.0258. The number of hydrogen-bond acceptors (Lipinski definition) is 4. The van der Waals surface area contributed by atoms with Crippen LogP contribution >= 0.6 is 0 Å². The zero-order valence-corrected chi connectivity index (χ0v) is 14.0. The Balaban J connectivity index is 1.74. The van der Waals surface area contributed by atoms with E-state index >= 15 is 0 Å². The molecule has 1 fully saturated rings. The van der Waals surface area contributed by atoms with Crippen molar-refractivity contribution in [2.45, 2.75) is 26.2 Å². The third-order valence-electron chi connectivity index (χ3n) is 4.17. The largest absolute Gasteiger partial charge is 0.484 e. The van der Waals surface area contributed by atoms with Gasteiger partial charge in [0.25, 0.3) is 5.91 Å². The average molecular weight is 315 g/mol. The quantitative estimate of drug-likeness (QED) is 0.808. The maximum Gasteiger partial charge on any atom is 0.260 e. The van der Waals surface area contributed by atoms with Gasteiger partial charge in [-0.2, -0.15) is 5.26 Å². The van der Waals surface area contributed by atoms with Crippen LogP contribution in [0.25, 0.3) is 0 Å². The van der Waals surface area contributed by atoms with Gasteiger partial charge < -0.3 is 9.64 Å². The number of carbonyl (C=O) groups is 1. The van der Waals surface area contributed by atoms with E-state index in [2.05, 4.69) is 24.8 Å². The maximum atomic E-state index is 12.2. The fraction of sp³-hybridized carbons (Fsp3) is 0.556. The van der Waals surface area contributed by atoms with Crippen LogP contribution in [0.5, 0.6) is 5.75 Å². The standard InChI is InChI=1S/C18H25N3O2/c1-15(2)16-4-6-17(7-5-16)23-14-18(22)21-12-10-20(11-13-21)9-3-8-19/h4-7,15H,3,9-14H2,1-2H3. The highest BCUT2D eigenvalue weighted by Crippen LogP contribution is 2.18. The molecule has 0 atom stereocenters. The smallest absolute Gasteiger partial charge is 0.260 e. The summed E-state index contributed by atoms with van der Waals surface area (Å²) in [6, 6.07) is 10.1. The third-order valence-corrected chi connectivity index (χ3v) is 4.17. The molecule has 0 spiro atoms. The van der Waals surface area contributed by atoms with Gasteiger partial charge in [0.2, 0.25) is 0 Å². The predicted molar refractivity (Wildman–Crippen MR) is 89.3 cm³/mol. The molecule has 0 aliphatic carbocycles. The lowest BCUT2D eigenvalue weighted by atomic mass is 10.0. The van der Waals surface area contributed by atoms with Crippen LogP contribution in [0.3, 0.4) is 0 Å². The molecule has 1 aliphatic rings. The van der Waals surface area contributed by atoms with Crippen molar-refractivity contribution in [3.05, 3.63) is 29.8 Å². The summed E-state index contributed by atoms with van der Waals surface area (Å²) in [6.45, 7) is 8.24. The van der Waals surface area contributed by atoms with E-state index in [4.69, 9.17) is 10.00 Å². The number of hydrogen-bond donors (Lipinski definition) is 0. The van der Waals surface area contributed by atoms with Crippen LogP contribution in [0.15, 0.2) is 24.3 Å². The summed E-state index contributed by atoms with van der Waals surface area (Å²) in [5, 5.41) is 8.60. The zero-order chi connectivity index (χ0) is 16.7. The zero-order valence-electron chi connectivity index (χ0n) is 14.0. The first kappa shape index (κ1) is 17.3. The molecule has 5 heteroatoms. The van der Waals surface area contributed by atoms with Crippen molar-refractivity contribution in [2.24, 2.45) is 0 Å². The Bertz CT molecular complexity index is 540. The van der Waals surface area contributed by atoms with Gasteiger partial charge in [0, 0.05) is 39.1 Å². The van der Waals surface area contributed by atoms with Gasteiger partial charge in [0.1, 0.15) is 5.75 Å². The summed E-state index contributed by atoms with van der Waals surface area (Å²) in [4.78, 5) is 16.3. The van der Waals surface area contributed by atoms with E-state index in [-0.39, 0.29) is 12.5 Å². The number of rotatable bonds is 6. The summed E-state index contributed by atoms with van der Waals surface area (Å²) in [5.74, 6) is 1.25. The fourth-order valence-corrected chi connectivity index (χ4v) is 2.61. The second kappa shape index (κ2) is 8.54. The Hall–Kier alpha value is -2.06. The van der Waals surface area contributed by atoms with E-state index in [1.165, 1.54) is 5.56 Å². The molecule has 0 saturated carbocycles. The molecule has 1 saturated heterocycles. The van der Waals surface area contributed by atoms with Gasteiger partial charge in [-0.05, 0) is 23.6 Å². The van der Waals surface area contributed by atoms with Crippen LogP contribution in [-0.4, -0.2) is 55.0 Å². The van der Waals surface area contributed by atoms with E-state index in [1.54, 1.807) is 0 Å². The molecule has 5 nitrogen and oxygen atoms in total. The van der Waals surface area contributed by atoms with Crippen LogP contribution in [0.4, 0.5) is 0 Å². The lowest BCUT2D eigenvalue weighted by Gasteiger charge is -2.34. The molecule has 0 bridgehead atoms. The second-order valence-electron chi connectivity index (χ2n) is 6.14. The van der Waals surface area contributed by atoms with E-state index in [1.807, 2.05) is 29.2 Å². The van der Waals surface area contributed by atoms with Crippen molar-refractivity contribution in [2.75, 3.05) is 39.3 Å². The number of ether oxygens (including phenoxy) is 1. The highest BCUT2D eigenvalue weighted by atomic mass is 16.5. The molecule has 1 amide bonds. The molecule has 2 rings (SSSR count). The average Bonchev–Trinajstić information content (AvgIpc) is 2.58. The molecule has 0 unspecified atom stereocenters. The van der Waals surface area contributed by atoms with Crippen molar-refractivity contribution >= 4 is 5.91 Å². The van der Waals surface area contributed by atoms with Crippen LogP contribution in [0, 0.1) is 11.3 Å². The van der Waals surface area contributed by atoms with Crippen LogP contribution in [-0.2, 0) is 4.79 Å². The number of nitrogens with zero attached hydrogens (tertiary/aromatic N) is 3. The summed E-state index contributed by atoms with van der Waals surface area (Å²) < 4.78 is 5.60. The van der Waals surface area contributed by atoms with Gasteiger partial charge in [0.15, 0.2) is 6.61 Å². The monoisotopic (exact) mass is 315 g/mol. The van der Waals surface area contributed by atoms with Crippen LogP contribution in [0.1, 0.15) is 31.7 Å². The Morgan fingerprint density at radius 1 is 1.22 bits per heavy atom. The van der Waals surface area contributed by atoms with E-state index in [0.717, 1.165) is 25.4 Å². The topological polar surface area (TPSA) is 56.6 Å². The lowest BCUT2D eigenvalue weighted by molar-refractivity contribution is -0.135. The molecule has 1 heterocycles. The fourth-order valence-electron chi connectivity index (χ4n) is 2.61. The van der Waals surface area contributed by atoms with Gasteiger partial charge >= 0.3 is 0 Å². The first-order chi connectivity index (χ1) is 11.1. The van der Waals surface area contributed by atoms with Crippen molar-refractivity contribution in [3.63, 3.8) is 0 Å². The molecule has 1 aromatic carbocycles. The molecular formula is C18H25N3O2. The Kier molecular flexibility index (Phi) is 6.42. The molecule has 1 aliphatic heterocycles. The van der Waals surface area contributed by atoms with Gasteiger partial charge in [-0.15, -0.1) is 0 Å². The van der Waals surface area contributed by atoms with Crippen LogP contribution in [0.2, 0.25) is 0 Å². The molecular weight excluding hydrogens is 290 g/mol. The van der Waals surface area contributed by atoms with Crippen molar-refractivity contribution in [1.29, 1.82) is 5.26 Å². The molecule has 124 valence electrons. The van der Waals surface area contributed by atoms with Gasteiger partial charge in [-0.25, -0.2) is 0 Å². The summed E-state index contributed by atoms with van der Waals surface area (Å²) >= 11 is 0. The predicted octanol–water partition coefficient (Wildman–Crippen LogP) is 2.25.